The Morgan fingerprint density at radius 1 is 0.897 bits per heavy atom. The summed E-state index contributed by atoms with van der Waals surface area (Å²) in [4.78, 5) is 24.7. The molecule has 3 aromatic rings. The number of nitrogens with one attached hydrogen (secondary N) is 1. The van der Waals surface area contributed by atoms with Crippen LogP contribution in [0.5, 0.6) is 5.75 Å². The van der Waals surface area contributed by atoms with E-state index in [1.165, 1.54) is 7.11 Å². The molecule has 0 aromatic heterocycles. The second-order valence-corrected chi connectivity index (χ2v) is 6.73. The normalized spacial score (nSPS) is 11.4. The number of carbonyl (C=O) groups excluding carboxylic acids is 2. The highest BCUT2D eigenvalue weighted by Gasteiger charge is 2.23. The molecule has 0 bridgehead atoms. The van der Waals surface area contributed by atoms with Crippen LogP contribution in [0.25, 0.3) is 0 Å². The van der Waals surface area contributed by atoms with Crippen molar-refractivity contribution < 1.29 is 19.1 Å². The molecule has 1 atom stereocenters. The summed E-state index contributed by atoms with van der Waals surface area (Å²) in [5.41, 5.74) is 3.92. The minimum atomic E-state index is -0.847. The topological polar surface area (TPSA) is 64.6 Å². The van der Waals surface area contributed by atoms with Gasteiger partial charge in [-0.3, -0.25) is 4.79 Å². The van der Waals surface area contributed by atoms with Crippen LogP contribution in [-0.4, -0.2) is 19.0 Å². The van der Waals surface area contributed by atoms with Crippen molar-refractivity contribution in [2.75, 3.05) is 12.4 Å². The van der Waals surface area contributed by atoms with Crippen molar-refractivity contribution >= 4 is 17.6 Å². The molecule has 29 heavy (non-hydrogen) atoms. The highest BCUT2D eigenvalue weighted by molar-refractivity contribution is 5.96. The Hall–Kier alpha value is -3.60. The van der Waals surface area contributed by atoms with E-state index < -0.39 is 12.1 Å². The lowest BCUT2D eigenvalue weighted by molar-refractivity contribution is -0.123. The lowest BCUT2D eigenvalue weighted by atomic mass is 10.1. The quantitative estimate of drug-likeness (QED) is 0.612. The molecule has 1 amide bonds. The summed E-state index contributed by atoms with van der Waals surface area (Å²) in [7, 11) is 1.33. The number of anilines is 1. The number of hydrogen-bond donors (Lipinski definition) is 1. The van der Waals surface area contributed by atoms with Gasteiger partial charge in [-0.05, 0) is 55.3 Å². The largest absolute Gasteiger partial charge is 0.476 e. The third-order valence-corrected chi connectivity index (χ3v) is 4.52. The molecule has 0 unspecified atom stereocenters. The number of rotatable bonds is 6. The first-order valence-corrected chi connectivity index (χ1v) is 9.26. The highest BCUT2D eigenvalue weighted by atomic mass is 16.5. The number of carbonyl (C=O) groups is 2. The molecular formula is C24H23NO4. The van der Waals surface area contributed by atoms with Gasteiger partial charge in [-0.1, -0.05) is 42.5 Å². The summed E-state index contributed by atoms with van der Waals surface area (Å²) in [6.07, 6.45) is -0.847. The lowest BCUT2D eigenvalue weighted by Crippen LogP contribution is -2.26. The zero-order chi connectivity index (χ0) is 20.8. The van der Waals surface area contributed by atoms with Crippen LogP contribution in [0.4, 0.5) is 5.69 Å². The fourth-order valence-corrected chi connectivity index (χ4v) is 2.89. The van der Waals surface area contributed by atoms with Crippen molar-refractivity contribution in [3.05, 3.63) is 95.1 Å². The van der Waals surface area contributed by atoms with Crippen LogP contribution in [0.1, 0.15) is 33.2 Å². The van der Waals surface area contributed by atoms with Gasteiger partial charge < -0.3 is 14.8 Å². The van der Waals surface area contributed by atoms with Gasteiger partial charge in [0.2, 0.25) is 6.10 Å². The maximum atomic E-state index is 13.1. The molecule has 5 nitrogen and oxygen atoms in total. The SMILES string of the molecule is COC(=O)c1ccc(O[C@@H](C(=O)Nc2cc(C)ccc2C)c2ccccc2)cc1. The van der Waals surface area contributed by atoms with Crippen LogP contribution >= 0.6 is 0 Å². The highest BCUT2D eigenvalue weighted by Crippen LogP contribution is 2.25. The van der Waals surface area contributed by atoms with E-state index in [0.29, 0.717) is 11.3 Å². The van der Waals surface area contributed by atoms with Gasteiger partial charge in [0, 0.05) is 11.3 Å². The number of aryl methyl sites for hydroxylation is 2. The van der Waals surface area contributed by atoms with E-state index in [-0.39, 0.29) is 5.91 Å². The molecule has 0 spiro atoms. The van der Waals surface area contributed by atoms with Crippen LogP contribution in [-0.2, 0) is 9.53 Å². The predicted octanol–water partition coefficient (Wildman–Crippen LogP) is 4.85. The Balaban J connectivity index is 1.86. The van der Waals surface area contributed by atoms with Crippen molar-refractivity contribution in [3.63, 3.8) is 0 Å². The molecule has 0 fully saturated rings. The number of methoxy groups -OCH3 is 1. The Bertz CT molecular complexity index is 997. The van der Waals surface area contributed by atoms with E-state index in [1.54, 1.807) is 24.3 Å². The van der Waals surface area contributed by atoms with E-state index in [1.807, 2.05) is 62.4 Å². The van der Waals surface area contributed by atoms with Crippen LogP contribution in [0.3, 0.4) is 0 Å². The smallest absolute Gasteiger partial charge is 0.337 e. The fourth-order valence-electron chi connectivity index (χ4n) is 2.89. The monoisotopic (exact) mass is 389 g/mol. The molecule has 3 aromatic carbocycles. The second kappa shape index (κ2) is 9.06. The van der Waals surface area contributed by atoms with Gasteiger partial charge in [0.05, 0.1) is 12.7 Å². The molecule has 0 aliphatic heterocycles. The molecule has 0 aliphatic rings. The van der Waals surface area contributed by atoms with Gasteiger partial charge in [-0.25, -0.2) is 4.79 Å². The van der Waals surface area contributed by atoms with E-state index in [4.69, 9.17) is 9.47 Å². The zero-order valence-electron chi connectivity index (χ0n) is 16.6. The molecule has 0 aliphatic carbocycles. The van der Waals surface area contributed by atoms with Gasteiger partial charge in [-0.15, -0.1) is 0 Å². The molecule has 3 rings (SSSR count). The first-order valence-electron chi connectivity index (χ1n) is 9.26. The Morgan fingerprint density at radius 2 is 1.59 bits per heavy atom. The summed E-state index contributed by atoms with van der Waals surface area (Å²) in [6, 6.07) is 21.7. The standard InChI is InChI=1S/C24H23NO4/c1-16-9-10-17(2)21(15-16)25-23(26)22(18-7-5-4-6-8-18)29-20-13-11-19(12-14-20)24(27)28-3/h4-15,22H,1-3H3,(H,25,26)/t22-/m1/s1. The van der Waals surface area contributed by atoms with Crippen LogP contribution in [0.15, 0.2) is 72.8 Å². The van der Waals surface area contributed by atoms with Gasteiger partial charge in [0.15, 0.2) is 0 Å². The third kappa shape index (κ3) is 5.02. The second-order valence-electron chi connectivity index (χ2n) is 6.73. The van der Waals surface area contributed by atoms with Crippen molar-refractivity contribution in [2.24, 2.45) is 0 Å². The first-order chi connectivity index (χ1) is 14.0. The van der Waals surface area contributed by atoms with Crippen LogP contribution in [0.2, 0.25) is 0 Å². The van der Waals surface area contributed by atoms with E-state index in [2.05, 4.69) is 5.32 Å². The minimum absolute atomic E-state index is 0.276. The predicted molar refractivity (Wildman–Crippen MR) is 112 cm³/mol. The van der Waals surface area contributed by atoms with E-state index in [9.17, 15) is 9.59 Å². The van der Waals surface area contributed by atoms with Crippen molar-refractivity contribution in [1.82, 2.24) is 0 Å². The summed E-state index contributed by atoms with van der Waals surface area (Å²) in [5.74, 6) is -0.228. The molecular weight excluding hydrogens is 366 g/mol. The van der Waals surface area contributed by atoms with Gasteiger partial charge in [-0.2, -0.15) is 0 Å². The van der Waals surface area contributed by atoms with E-state index in [0.717, 1.165) is 22.4 Å². The number of benzene rings is 3. The summed E-state index contributed by atoms with van der Waals surface area (Å²) < 4.78 is 10.7. The molecule has 1 N–H and O–H groups in total. The Kier molecular flexibility index (Phi) is 6.29. The maximum absolute atomic E-state index is 13.1. The number of esters is 1. The molecule has 0 radical (unpaired) electrons. The van der Waals surface area contributed by atoms with Gasteiger partial charge in [0.25, 0.3) is 5.91 Å². The Labute approximate surface area is 170 Å². The van der Waals surface area contributed by atoms with Gasteiger partial charge in [0.1, 0.15) is 5.75 Å². The summed E-state index contributed by atoms with van der Waals surface area (Å²) in [5, 5.41) is 2.97. The number of hydrogen-bond acceptors (Lipinski definition) is 4. The average Bonchev–Trinajstić information content (AvgIpc) is 2.75. The van der Waals surface area contributed by atoms with Crippen molar-refractivity contribution in [1.29, 1.82) is 0 Å². The Morgan fingerprint density at radius 3 is 2.24 bits per heavy atom. The zero-order valence-corrected chi connectivity index (χ0v) is 16.6. The minimum Gasteiger partial charge on any atom is -0.476 e. The number of ether oxygens (including phenoxy) is 2. The molecule has 0 heterocycles. The maximum Gasteiger partial charge on any atom is 0.337 e. The molecule has 0 saturated heterocycles. The van der Waals surface area contributed by atoms with Crippen LogP contribution < -0.4 is 10.1 Å². The summed E-state index contributed by atoms with van der Waals surface area (Å²) >= 11 is 0. The van der Waals surface area contributed by atoms with Gasteiger partial charge >= 0.3 is 5.97 Å². The molecule has 148 valence electrons. The first kappa shape index (κ1) is 20.1. The van der Waals surface area contributed by atoms with Crippen molar-refractivity contribution in [2.45, 2.75) is 20.0 Å². The fraction of sp³-hybridized carbons (Fsp3) is 0.167. The van der Waals surface area contributed by atoms with E-state index >= 15 is 0 Å². The number of amides is 1. The molecule has 5 heteroatoms. The average molecular weight is 389 g/mol. The van der Waals surface area contributed by atoms with Crippen LogP contribution in [0, 0.1) is 13.8 Å². The molecule has 0 saturated carbocycles. The van der Waals surface area contributed by atoms with Crippen molar-refractivity contribution in [3.8, 4) is 5.75 Å². The lowest BCUT2D eigenvalue weighted by Gasteiger charge is -2.20. The summed E-state index contributed by atoms with van der Waals surface area (Å²) in [6.45, 7) is 3.92. The third-order valence-electron chi connectivity index (χ3n) is 4.52.